The lowest BCUT2D eigenvalue weighted by molar-refractivity contribution is -0.129. The Balaban J connectivity index is 1.73. The molecule has 21 heavy (non-hydrogen) atoms. The van der Waals surface area contributed by atoms with Crippen LogP contribution in [0.4, 0.5) is 0 Å². The van der Waals surface area contributed by atoms with Gasteiger partial charge in [-0.15, -0.1) is 6.58 Å². The third-order valence-corrected chi connectivity index (χ3v) is 4.01. The van der Waals surface area contributed by atoms with E-state index in [-0.39, 0.29) is 0 Å². The summed E-state index contributed by atoms with van der Waals surface area (Å²) in [5, 5.41) is 3.32. The van der Waals surface area contributed by atoms with Crippen LogP contribution in [-0.2, 0) is 11.2 Å². The van der Waals surface area contributed by atoms with E-state index in [1.165, 1.54) is 5.56 Å². The number of carbonyl (C=O) groups excluding carboxylic acids is 1. The molecule has 4 nitrogen and oxygen atoms in total. The fraction of sp³-hybridized carbons (Fsp3) is 0.529. The second-order valence-corrected chi connectivity index (χ2v) is 5.52. The fourth-order valence-corrected chi connectivity index (χ4v) is 2.88. The first-order valence-corrected chi connectivity index (χ1v) is 7.81. The molecule has 1 fully saturated rings. The minimum absolute atomic E-state index is 0.318. The van der Waals surface area contributed by atoms with Crippen molar-refractivity contribution in [1.82, 2.24) is 15.2 Å². The second kappa shape index (κ2) is 8.57. The quantitative estimate of drug-likeness (QED) is 0.559. The summed E-state index contributed by atoms with van der Waals surface area (Å²) in [4.78, 5) is 18.1. The first-order chi connectivity index (χ1) is 10.3. The molecule has 2 rings (SSSR count). The standard InChI is InChI=1S/C17H25N3O/c1-2-10-18-13-9-16-5-6-17(21)20(16)14-3-4-15-7-11-19-12-8-15/h2,7-8,11-12,16,18H,1,3-6,9-10,13-14H2/t16-/m1/s1. The number of carbonyl (C=O) groups is 1. The van der Waals surface area contributed by atoms with Gasteiger partial charge in [0.1, 0.15) is 0 Å². The molecule has 0 bridgehead atoms. The number of aromatic nitrogens is 1. The van der Waals surface area contributed by atoms with Crippen LogP contribution in [0.1, 0.15) is 31.2 Å². The van der Waals surface area contributed by atoms with Crippen LogP contribution in [0.25, 0.3) is 0 Å². The summed E-state index contributed by atoms with van der Waals surface area (Å²) < 4.78 is 0. The van der Waals surface area contributed by atoms with Gasteiger partial charge in [0, 0.05) is 37.9 Å². The van der Waals surface area contributed by atoms with Crippen LogP contribution in [0, 0.1) is 0 Å². The van der Waals surface area contributed by atoms with Crippen molar-refractivity contribution in [2.45, 2.75) is 38.1 Å². The predicted octanol–water partition coefficient (Wildman–Crippen LogP) is 2.17. The molecular weight excluding hydrogens is 262 g/mol. The highest BCUT2D eigenvalue weighted by molar-refractivity contribution is 5.78. The molecular formula is C17H25N3O. The largest absolute Gasteiger partial charge is 0.340 e. The third kappa shape index (κ3) is 4.97. The normalized spacial score (nSPS) is 18.2. The molecule has 114 valence electrons. The molecule has 1 saturated heterocycles. The zero-order chi connectivity index (χ0) is 14.9. The Hall–Kier alpha value is -1.68. The number of likely N-dealkylation sites (tertiary alicyclic amines) is 1. The van der Waals surface area contributed by atoms with Crippen LogP contribution >= 0.6 is 0 Å². The first-order valence-electron chi connectivity index (χ1n) is 7.81. The molecule has 1 aromatic rings. The van der Waals surface area contributed by atoms with Gasteiger partial charge in [0.25, 0.3) is 0 Å². The average molecular weight is 287 g/mol. The first kappa shape index (κ1) is 15.7. The van der Waals surface area contributed by atoms with Crippen LogP contribution in [-0.4, -0.2) is 41.5 Å². The minimum atomic E-state index is 0.318. The van der Waals surface area contributed by atoms with Crippen molar-refractivity contribution in [1.29, 1.82) is 0 Å². The number of hydrogen-bond acceptors (Lipinski definition) is 3. The summed E-state index contributed by atoms with van der Waals surface area (Å²) in [5.41, 5.74) is 1.29. The monoisotopic (exact) mass is 287 g/mol. The van der Waals surface area contributed by atoms with Crippen molar-refractivity contribution in [3.05, 3.63) is 42.7 Å². The van der Waals surface area contributed by atoms with Crippen LogP contribution < -0.4 is 5.32 Å². The molecule has 1 aliphatic heterocycles. The Morgan fingerprint density at radius 2 is 2.24 bits per heavy atom. The van der Waals surface area contributed by atoms with Crippen molar-refractivity contribution >= 4 is 5.91 Å². The van der Waals surface area contributed by atoms with E-state index < -0.39 is 0 Å². The Kier molecular flexibility index (Phi) is 6.41. The smallest absolute Gasteiger partial charge is 0.222 e. The predicted molar refractivity (Wildman–Crippen MR) is 85.0 cm³/mol. The molecule has 0 unspecified atom stereocenters. The lowest BCUT2D eigenvalue weighted by atomic mass is 10.1. The maximum Gasteiger partial charge on any atom is 0.222 e. The highest BCUT2D eigenvalue weighted by Crippen LogP contribution is 2.21. The van der Waals surface area contributed by atoms with Gasteiger partial charge in [-0.1, -0.05) is 6.08 Å². The molecule has 0 aromatic carbocycles. The summed E-state index contributed by atoms with van der Waals surface area (Å²) in [7, 11) is 0. The molecule has 2 heterocycles. The maximum absolute atomic E-state index is 12.0. The number of aryl methyl sites for hydroxylation is 1. The number of nitrogens with one attached hydrogen (secondary N) is 1. The van der Waals surface area contributed by atoms with Gasteiger partial charge in [-0.2, -0.15) is 0 Å². The van der Waals surface area contributed by atoms with Crippen LogP contribution in [0.2, 0.25) is 0 Å². The maximum atomic E-state index is 12.0. The Morgan fingerprint density at radius 1 is 1.43 bits per heavy atom. The van der Waals surface area contributed by atoms with E-state index in [1.54, 1.807) is 0 Å². The van der Waals surface area contributed by atoms with Crippen molar-refractivity contribution < 1.29 is 4.79 Å². The van der Waals surface area contributed by atoms with Crippen LogP contribution in [0.5, 0.6) is 0 Å². The molecule has 4 heteroatoms. The van der Waals surface area contributed by atoms with Gasteiger partial charge < -0.3 is 10.2 Å². The van der Waals surface area contributed by atoms with Gasteiger partial charge in [-0.25, -0.2) is 0 Å². The second-order valence-electron chi connectivity index (χ2n) is 5.52. The lowest BCUT2D eigenvalue weighted by Gasteiger charge is -2.25. The van der Waals surface area contributed by atoms with Crippen molar-refractivity contribution in [2.75, 3.05) is 19.6 Å². The zero-order valence-corrected chi connectivity index (χ0v) is 12.6. The molecule has 1 N–H and O–H groups in total. The van der Waals surface area contributed by atoms with Gasteiger partial charge in [0.05, 0.1) is 0 Å². The van der Waals surface area contributed by atoms with E-state index in [0.717, 1.165) is 45.3 Å². The summed E-state index contributed by atoms with van der Waals surface area (Å²) in [6, 6.07) is 4.50. The van der Waals surface area contributed by atoms with Crippen molar-refractivity contribution in [2.24, 2.45) is 0 Å². The number of amides is 1. The average Bonchev–Trinajstić information content (AvgIpc) is 2.86. The molecule has 1 aromatic heterocycles. The molecule has 1 atom stereocenters. The lowest BCUT2D eigenvalue weighted by Crippen LogP contribution is -2.36. The van der Waals surface area contributed by atoms with Crippen molar-refractivity contribution in [3.63, 3.8) is 0 Å². The Labute approximate surface area is 127 Å². The van der Waals surface area contributed by atoms with E-state index in [2.05, 4.69) is 21.8 Å². The molecule has 0 spiro atoms. The summed E-state index contributed by atoms with van der Waals surface area (Å²) >= 11 is 0. The third-order valence-electron chi connectivity index (χ3n) is 4.01. The molecule has 0 aliphatic carbocycles. The van der Waals surface area contributed by atoms with Gasteiger partial charge in [0.15, 0.2) is 0 Å². The van der Waals surface area contributed by atoms with Crippen molar-refractivity contribution in [3.8, 4) is 0 Å². The SMILES string of the molecule is C=CCNCC[C@H]1CCC(=O)N1CCCc1ccncc1. The molecule has 1 aliphatic rings. The minimum Gasteiger partial charge on any atom is -0.340 e. The number of pyridine rings is 1. The fourth-order valence-electron chi connectivity index (χ4n) is 2.88. The number of nitrogens with zero attached hydrogens (tertiary/aromatic N) is 2. The molecule has 0 saturated carbocycles. The summed E-state index contributed by atoms with van der Waals surface area (Å²) in [5.74, 6) is 0.318. The molecule has 1 amide bonds. The number of hydrogen-bond donors (Lipinski definition) is 1. The Morgan fingerprint density at radius 3 is 3.00 bits per heavy atom. The highest BCUT2D eigenvalue weighted by Gasteiger charge is 2.29. The van der Waals surface area contributed by atoms with Gasteiger partial charge in [0.2, 0.25) is 5.91 Å². The topological polar surface area (TPSA) is 45.2 Å². The van der Waals surface area contributed by atoms with E-state index >= 15 is 0 Å². The number of rotatable bonds is 9. The van der Waals surface area contributed by atoms with Gasteiger partial charge in [-0.3, -0.25) is 9.78 Å². The van der Waals surface area contributed by atoms with Crippen LogP contribution in [0.15, 0.2) is 37.2 Å². The van der Waals surface area contributed by atoms with Gasteiger partial charge in [-0.05, 0) is 49.9 Å². The summed E-state index contributed by atoms with van der Waals surface area (Å²) in [6.07, 6.45) is 10.3. The Bertz CT molecular complexity index is 447. The van der Waals surface area contributed by atoms with Gasteiger partial charge >= 0.3 is 0 Å². The van der Waals surface area contributed by atoms with Crippen LogP contribution in [0.3, 0.4) is 0 Å². The van der Waals surface area contributed by atoms with E-state index in [0.29, 0.717) is 18.4 Å². The molecule has 0 radical (unpaired) electrons. The van der Waals surface area contributed by atoms with E-state index in [4.69, 9.17) is 0 Å². The zero-order valence-electron chi connectivity index (χ0n) is 12.6. The summed E-state index contributed by atoms with van der Waals surface area (Å²) in [6.45, 7) is 6.35. The van der Waals surface area contributed by atoms with E-state index in [1.807, 2.05) is 30.6 Å². The highest BCUT2D eigenvalue weighted by atomic mass is 16.2. The van der Waals surface area contributed by atoms with E-state index in [9.17, 15) is 4.79 Å².